The van der Waals surface area contributed by atoms with E-state index in [0.717, 1.165) is 0 Å². The number of urea groups is 1. The Labute approximate surface area is 117 Å². The van der Waals surface area contributed by atoms with Crippen molar-refractivity contribution >= 4 is 11.9 Å². The summed E-state index contributed by atoms with van der Waals surface area (Å²) < 4.78 is 13.4. The molecule has 0 spiro atoms. The monoisotopic (exact) mass is 279 g/mol. The maximum atomic E-state index is 13.4. The van der Waals surface area contributed by atoms with Crippen LogP contribution in [0.25, 0.3) is 0 Å². The Kier molecular flexibility index (Phi) is 6.39. The van der Waals surface area contributed by atoms with Gasteiger partial charge in [0.2, 0.25) is 5.91 Å². The zero-order chi connectivity index (χ0) is 15.0. The van der Waals surface area contributed by atoms with Crippen molar-refractivity contribution in [3.8, 4) is 0 Å². The number of rotatable bonds is 6. The first-order valence-corrected chi connectivity index (χ1v) is 6.13. The Morgan fingerprint density at radius 2 is 2.10 bits per heavy atom. The highest BCUT2D eigenvalue weighted by Gasteiger charge is 2.11. The highest BCUT2D eigenvalue weighted by molar-refractivity contribution is 5.95. The van der Waals surface area contributed by atoms with E-state index in [1.54, 1.807) is 30.1 Å². The molecule has 0 aliphatic heterocycles. The van der Waals surface area contributed by atoms with Crippen molar-refractivity contribution in [1.29, 1.82) is 0 Å². The summed E-state index contributed by atoms with van der Waals surface area (Å²) in [6.45, 7) is 4.01. The molecule has 2 N–H and O–H groups in total. The van der Waals surface area contributed by atoms with Gasteiger partial charge in [0.25, 0.3) is 0 Å². The Hall–Kier alpha value is -2.21. The van der Waals surface area contributed by atoms with Crippen LogP contribution in [0.4, 0.5) is 9.18 Å². The minimum Gasteiger partial charge on any atom is -0.334 e. The number of likely N-dealkylation sites (N-methyl/N-ethyl adjacent to an activating group) is 1. The molecule has 0 aromatic heterocycles. The molecule has 5 nitrogen and oxygen atoms in total. The highest BCUT2D eigenvalue weighted by atomic mass is 19.1. The SMILES string of the molecule is C=CCNC(=O)NC(=O)CN(C)Cc1ccccc1F. The van der Waals surface area contributed by atoms with Crippen LogP contribution in [0.1, 0.15) is 5.56 Å². The smallest absolute Gasteiger partial charge is 0.321 e. The van der Waals surface area contributed by atoms with Gasteiger partial charge in [-0.2, -0.15) is 0 Å². The number of halogens is 1. The summed E-state index contributed by atoms with van der Waals surface area (Å²) in [7, 11) is 1.67. The van der Waals surface area contributed by atoms with Crippen molar-refractivity contribution in [2.75, 3.05) is 20.1 Å². The van der Waals surface area contributed by atoms with Gasteiger partial charge in [0.1, 0.15) is 5.82 Å². The van der Waals surface area contributed by atoms with Crippen molar-refractivity contribution < 1.29 is 14.0 Å². The van der Waals surface area contributed by atoms with Crippen molar-refractivity contribution in [2.45, 2.75) is 6.54 Å². The number of nitrogens with one attached hydrogen (secondary N) is 2. The lowest BCUT2D eigenvalue weighted by Crippen LogP contribution is -2.43. The Bertz CT molecular complexity index is 491. The minimum absolute atomic E-state index is 0.00412. The van der Waals surface area contributed by atoms with Crippen LogP contribution < -0.4 is 10.6 Å². The van der Waals surface area contributed by atoms with E-state index in [0.29, 0.717) is 5.56 Å². The van der Waals surface area contributed by atoms with Crippen molar-refractivity contribution in [3.63, 3.8) is 0 Å². The standard InChI is InChI=1S/C14H18FN3O2/c1-3-8-16-14(20)17-13(19)10-18(2)9-11-6-4-5-7-12(11)15/h3-7H,1,8-10H2,2H3,(H2,16,17,19,20). The molecule has 0 aliphatic carbocycles. The predicted molar refractivity (Wildman–Crippen MR) is 74.5 cm³/mol. The fourth-order valence-corrected chi connectivity index (χ4v) is 1.59. The fourth-order valence-electron chi connectivity index (χ4n) is 1.59. The van der Waals surface area contributed by atoms with Crippen LogP contribution in [0.2, 0.25) is 0 Å². The van der Waals surface area contributed by atoms with Gasteiger partial charge in [-0.15, -0.1) is 6.58 Å². The number of carbonyl (C=O) groups excluding carboxylic acids is 2. The zero-order valence-corrected chi connectivity index (χ0v) is 11.4. The van der Waals surface area contributed by atoms with Crippen LogP contribution in [0.15, 0.2) is 36.9 Å². The molecule has 0 unspecified atom stereocenters. The van der Waals surface area contributed by atoms with E-state index in [4.69, 9.17) is 0 Å². The summed E-state index contributed by atoms with van der Waals surface area (Å²) >= 11 is 0. The molecular formula is C14H18FN3O2. The number of carbonyl (C=O) groups is 2. The number of nitrogens with zero attached hydrogens (tertiary/aromatic N) is 1. The quantitative estimate of drug-likeness (QED) is 0.771. The van der Waals surface area contributed by atoms with E-state index in [-0.39, 0.29) is 25.5 Å². The fraction of sp³-hybridized carbons (Fsp3) is 0.286. The molecule has 1 aromatic rings. The molecule has 0 saturated heterocycles. The molecule has 0 heterocycles. The second-order valence-corrected chi connectivity index (χ2v) is 4.31. The number of imide groups is 1. The van der Waals surface area contributed by atoms with E-state index in [1.807, 2.05) is 0 Å². The van der Waals surface area contributed by atoms with Crippen molar-refractivity contribution in [3.05, 3.63) is 48.3 Å². The lowest BCUT2D eigenvalue weighted by Gasteiger charge is -2.16. The predicted octanol–water partition coefficient (Wildman–Crippen LogP) is 1.27. The zero-order valence-electron chi connectivity index (χ0n) is 11.4. The van der Waals surface area contributed by atoms with Gasteiger partial charge in [-0.25, -0.2) is 9.18 Å². The molecule has 0 radical (unpaired) electrons. The van der Waals surface area contributed by atoms with Crippen LogP contribution in [0.3, 0.4) is 0 Å². The summed E-state index contributed by atoms with van der Waals surface area (Å²) in [6, 6.07) is 5.78. The molecule has 0 atom stereocenters. The van der Waals surface area contributed by atoms with Gasteiger partial charge in [0.15, 0.2) is 0 Å². The molecule has 0 saturated carbocycles. The van der Waals surface area contributed by atoms with Gasteiger partial charge in [-0.1, -0.05) is 24.3 Å². The summed E-state index contributed by atoms with van der Waals surface area (Å²) in [4.78, 5) is 24.4. The van der Waals surface area contributed by atoms with Crippen LogP contribution in [0, 0.1) is 5.82 Å². The Morgan fingerprint density at radius 3 is 2.75 bits per heavy atom. The maximum Gasteiger partial charge on any atom is 0.321 e. The normalized spacial score (nSPS) is 10.2. The van der Waals surface area contributed by atoms with Gasteiger partial charge in [-0.05, 0) is 13.1 Å². The summed E-state index contributed by atoms with van der Waals surface area (Å²) in [5.74, 6) is -0.770. The van der Waals surface area contributed by atoms with E-state index in [1.165, 1.54) is 12.1 Å². The third kappa shape index (κ3) is 5.62. The maximum absolute atomic E-state index is 13.4. The van der Waals surface area contributed by atoms with Gasteiger partial charge < -0.3 is 5.32 Å². The largest absolute Gasteiger partial charge is 0.334 e. The minimum atomic E-state index is -0.575. The van der Waals surface area contributed by atoms with Crippen LogP contribution in [0.5, 0.6) is 0 Å². The van der Waals surface area contributed by atoms with Crippen LogP contribution in [-0.2, 0) is 11.3 Å². The second kappa shape index (κ2) is 8.06. The molecule has 1 rings (SSSR count). The number of benzene rings is 1. The van der Waals surface area contributed by atoms with Crippen molar-refractivity contribution in [1.82, 2.24) is 15.5 Å². The van der Waals surface area contributed by atoms with Gasteiger partial charge >= 0.3 is 6.03 Å². The van der Waals surface area contributed by atoms with E-state index >= 15 is 0 Å². The van der Waals surface area contributed by atoms with Gasteiger partial charge in [0, 0.05) is 18.7 Å². The van der Waals surface area contributed by atoms with E-state index in [9.17, 15) is 14.0 Å². The summed E-state index contributed by atoms with van der Waals surface area (Å²) in [6.07, 6.45) is 1.51. The molecule has 1 aromatic carbocycles. The highest BCUT2D eigenvalue weighted by Crippen LogP contribution is 2.08. The average Bonchev–Trinajstić information content (AvgIpc) is 2.38. The molecule has 0 fully saturated rings. The third-order valence-corrected chi connectivity index (χ3v) is 2.47. The van der Waals surface area contributed by atoms with Crippen molar-refractivity contribution in [2.24, 2.45) is 0 Å². The molecule has 0 aliphatic rings. The summed E-state index contributed by atoms with van der Waals surface area (Å²) in [5.41, 5.74) is 0.499. The number of amides is 3. The first kappa shape index (κ1) is 15.8. The van der Waals surface area contributed by atoms with Gasteiger partial charge in [-0.3, -0.25) is 15.0 Å². The van der Waals surface area contributed by atoms with Crippen LogP contribution in [-0.4, -0.2) is 37.0 Å². The van der Waals surface area contributed by atoms with E-state index in [2.05, 4.69) is 17.2 Å². The summed E-state index contributed by atoms with van der Waals surface area (Å²) in [5, 5.41) is 4.60. The Morgan fingerprint density at radius 1 is 1.40 bits per heavy atom. The molecule has 0 bridgehead atoms. The Balaban J connectivity index is 2.40. The lowest BCUT2D eigenvalue weighted by molar-refractivity contribution is -0.120. The average molecular weight is 279 g/mol. The molecule has 108 valence electrons. The van der Waals surface area contributed by atoms with Crippen LogP contribution >= 0.6 is 0 Å². The first-order valence-electron chi connectivity index (χ1n) is 6.13. The molecular weight excluding hydrogens is 261 g/mol. The van der Waals surface area contributed by atoms with E-state index < -0.39 is 11.9 Å². The molecule has 3 amide bonds. The third-order valence-electron chi connectivity index (χ3n) is 2.47. The van der Waals surface area contributed by atoms with Gasteiger partial charge in [0.05, 0.1) is 6.54 Å². The number of hydrogen-bond donors (Lipinski definition) is 2. The number of hydrogen-bond acceptors (Lipinski definition) is 3. The first-order chi connectivity index (χ1) is 9.52. The molecule has 20 heavy (non-hydrogen) atoms. The molecule has 6 heteroatoms. The topological polar surface area (TPSA) is 61.4 Å². The lowest BCUT2D eigenvalue weighted by atomic mass is 10.2. The second-order valence-electron chi connectivity index (χ2n) is 4.31.